The minimum absolute atomic E-state index is 0.658. The van der Waals surface area contributed by atoms with E-state index in [1.54, 1.807) is 7.11 Å². The second-order valence-corrected chi connectivity index (χ2v) is 5.41. The average molecular weight is 328 g/mol. The van der Waals surface area contributed by atoms with Crippen LogP contribution in [0.2, 0.25) is 0 Å². The van der Waals surface area contributed by atoms with Crippen molar-refractivity contribution >= 4 is 32.6 Å². The minimum Gasteiger partial charge on any atom is -0.383 e. The number of hydrogen-bond donors (Lipinski definition) is 1. The summed E-state index contributed by atoms with van der Waals surface area (Å²) < 4.78 is 10.4. The van der Waals surface area contributed by atoms with Crippen molar-refractivity contribution in [3.8, 4) is 11.4 Å². The molecular weight excluding hydrogens is 314 g/mol. The maximum absolute atomic E-state index is 4.97. The lowest BCUT2D eigenvalue weighted by molar-refractivity contribution is 0.211. The van der Waals surface area contributed by atoms with Gasteiger partial charge in [0.2, 0.25) is 5.13 Å². The van der Waals surface area contributed by atoms with E-state index in [1.165, 1.54) is 17.1 Å². The highest BCUT2D eigenvalue weighted by molar-refractivity contribution is 9.10. The first-order valence-electron chi connectivity index (χ1n) is 5.54. The fourth-order valence-electron chi connectivity index (χ4n) is 1.40. The first kappa shape index (κ1) is 13.5. The van der Waals surface area contributed by atoms with Crippen LogP contribution < -0.4 is 5.32 Å². The molecule has 1 heterocycles. The molecule has 2 rings (SSSR count). The molecule has 0 radical (unpaired) electrons. The number of rotatable bonds is 5. The van der Waals surface area contributed by atoms with Gasteiger partial charge in [-0.05, 0) is 18.6 Å². The zero-order chi connectivity index (χ0) is 13.0. The fourth-order valence-corrected chi connectivity index (χ4v) is 2.40. The number of halogens is 1. The Balaban J connectivity index is 2.11. The first-order chi connectivity index (χ1) is 8.70. The van der Waals surface area contributed by atoms with Crippen molar-refractivity contribution in [1.29, 1.82) is 0 Å². The normalized spacial score (nSPS) is 10.6. The van der Waals surface area contributed by atoms with E-state index in [-0.39, 0.29) is 0 Å². The largest absolute Gasteiger partial charge is 0.383 e. The molecule has 18 heavy (non-hydrogen) atoms. The third-order valence-electron chi connectivity index (χ3n) is 2.44. The van der Waals surface area contributed by atoms with Gasteiger partial charge in [0.25, 0.3) is 0 Å². The van der Waals surface area contributed by atoms with Crippen LogP contribution in [-0.4, -0.2) is 29.6 Å². The minimum atomic E-state index is 0.658. The standard InChI is InChI=1S/C12H14BrN3OS/c1-8-3-4-9(7-10(8)13)11-15-12(18-16-11)14-5-6-17-2/h3-4,7H,5-6H2,1-2H3,(H,14,15,16). The Morgan fingerprint density at radius 1 is 1.44 bits per heavy atom. The predicted octanol–water partition coefficient (Wildman–Crippen LogP) is 3.33. The van der Waals surface area contributed by atoms with Gasteiger partial charge in [-0.1, -0.05) is 28.1 Å². The molecule has 0 bridgehead atoms. The summed E-state index contributed by atoms with van der Waals surface area (Å²) in [4.78, 5) is 4.44. The number of hydrogen-bond acceptors (Lipinski definition) is 5. The van der Waals surface area contributed by atoms with Gasteiger partial charge in [-0.15, -0.1) is 0 Å². The number of nitrogens with zero attached hydrogens (tertiary/aromatic N) is 2. The maximum Gasteiger partial charge on any atom is 0.202 e. The summed E-state index contributed by atoms with van der Waals surface area (Å²) in [7, 11) is 1.68. The molecular formula is C12H14BrN3OS. The molecule has 96 valence electrons. The summed E-state index contributed by atoms with van der Waals surface area (Å²) >= 11 is 4.88. The summed E-state index contributed by atoms with van der Waals surface area (Å²) in [5, 5.41) is 3.99. The topological polar surface area (TPSA) is 47.0 Å². The average Bonchev–Trinajstić information content (AvgIpc) is 2.82. The van der Waals surface area contributed by atoms with Crippen molar-refractivity contribution in [1.82, 2.24) is 9.36 Å². The van der Waals surface area contributed by atoms with Crippen LogP contribution in [-0.2, 0) is 4.74 Å². The molecule has 0 amide bonds. The molecule has 4 nitrogen and oxygen atoms in total. The van der Waals surface area contributed by atoms with Crippen LogP contribution in [0.3, 0.4) is 0 Å². The molecule has 0 fully saturated rings. The highest BCUT2D eigenvalue weighted by Crippen LogP contribution is 2.25. The Morgan fingerprint density at radius 2 is 2.28 bits per heavy atom. The second kappa shape index (κ2) is 6.26. The Hall–Kier alpha value is -0.980. The quantitative estimate of drug-likeness (QED) is 0.855. The molecule has 0 aliphatic heterocycles. The van der Waals surface area contributed by atoms with Crippen molar-refractivity contribution in [3.05, 3.63) is 28.2 Å². The monoisotopic (exact) mass is 327 g/mol. The summed E-state index contributed by atoms with van der Waals surface area (Å²) in [5.74, 6) is 0.751. The lowest BCUT2D eigenvalue weighted by Gasteiger charge is -2.00. The number of anilines is 1. The molecule has 0 aliphatic carbocycles. The fraction of sp³-hybridized carbons (Fsp3) is 0.333. The van der Waals surface area contributed by atoms with Gasteiger partial charge in [0, 0.05) is 35.2 Å². The van der Waals surface area contributed by atoms with E-state index in [9.17, 15) is 0 Å². The number of methoxy groups -OCH3 is 1. The molecule has 2 aromatic rings. The highest BCUT2D eigenvalue weighted by Gasteiger charge is 2.07. The summed E-state index contributed by atoms with van der Waals surface area (Å²) in [5.41, 5.74) is 2.22. The lowest BCUT2D eigenvalue weighted by Crippen LogP contribution is -2.06. The SMILES string of the molecule is COCCNc1nc(-c2ccc(C)c(Br)c2)ns1. The summed E-state index contributed by atoms with van der Waals surface area (Å²) in [6.45, 7) is 3.45. The molecule has 0 atom stereocenters. The third-order valence-corrected chi connectivity index (χ3v) is 3.97. The van der Waals surface area contributed by atoms with Crippen LogP contribution in [0, 0.1) is 6.92 Å². The van der Waals surface area contributed by atoms with E-state index in [2.05, 4.69) is 43.6 Å². The predicted molar refractivity (Wildman–Crippen MR) is 78.1 cm³/mol. The van der Waals surface area contributed by atoms with Crippen LogP contribution in [0.15, 0.2) is 22.7 Å². The molecule has 1 aromatic heterocycles. The van der Waals surface area contributed by atoms with Crippen LogP contribution in [0.25, 0.3) is 11.4 Å². The summed E-state index contributed by atoms with van der Waals surface area (Å²) in [6.07, 6.45) is 0. The first-order valence-corrected chi connectivity index (χ1v) is 7.10. The molecule has 0 unspecified atom stereocenters. The van der Waals surface area contributed by atoms with Crippen LogP contribution in [0.4, 0.5) is 5.13 Å². The van der Waals surface area contributed by atoms with Gasteiger partial charge in [-0.25, -0.2) is 0 Å². The van der Waals surface area contributed by atoms with Crippen LogP contribution in [0.5, 0.6) is 0 Å². The number of benzene rings is 1. The Morgan fingerprint density at radius 3 is 3.00 bits per heavy atom. The van der Waals surface area contributed by atoms with Gasteiger partial charge in [0.15, 0.2) is 5.82 Å². The number of aryl methyl sites for hydroxylation is 1. The second-order valence-electron chi connectivity index (χ2n) is 3.81. The van der Waals surface area contributed by atoms with Gasteiger partial charge < -0.3 is 10.1 Å². The van der Waals surface area contributed by atoms with Crippen molar-refractivity contribution < 1.29 is 4.74 Å². The number of aromatic nitrogens is 2. The molecule has 0 saturated heterocycles. The van der Waals surface area contributed by atoms with E-state index in [4.69, 9.17) is 4.74 Å². The number of ether oxygens (including phenoxy) is 1. The van der Waals surface area contributed by atoms with Crippen LogP contribution >= 0.6 is 27.5 Å². The molecule has 1 N–H and O–H groups in total. The maximum atomic E-state index is 4.97. The highest BCUT2D eigenvalue weighted by atomic mass is 79.9. The zero-order valence-electron chi connectivity index (χ0n) is 10.2. The van der Waals surface area contributed by atoms with Crippen LogP contribution in [0.1, 0.15) is 5.56 Å². The van der Waals surface area contributed by atoms with E-state index < -0.39 is 0 Å². The Labute approximate surface area is 119 Å². The lowest BCUT2D eigenvalue weighted by atomic mass is 10.1. The molecule has 1 aromatic carbocycles. The van der Waals surface area contributed by atoms with Crippen molar-refractivity contribution in [3.63, 3.8) is 0 Å². The van der Waals surface area contributed by atoms with Crippen molar-refractivity contribution in [2.45, 2.75) is 6.92 Å². The van der Waals surface area contributed by atoms with E-state index in [0.717, 1.165) is 27.5 Å². The smallest absolute Gasteiger partial charge is 0.202 e. The van der Waals surface area contributed by atoms with E-state index >= 15 is 0 Å². The van der Waals surface area contributed by atoms with E-state index in [1.807, 2.05) is 12.1 Å². The third kappa shape index (κ3) is 3.28. The van der Waals surface area contributed by atoms with Gasteiger partial charge in [0.1, 0.15) is 0 Å². The Kier molecular flexibility index (Phi) is 4.68. The molecule has 0 saturated carbocycles. The van der Waals surface area contributed by atoms with Gasteiger partial charge >= 0.3 is 0 Å². The molecule has 6 heteroatoms. The molecule has 0 spiro atoms. The van der Waals surface area contributed by atoms with Gasteiger partial charge in [-0.3, -0.25) is 0 Å². The zero-order valence-corrected chi connectivity index (χ0v) is 12.6. The Bertz CT molecular complexity index is 530. The van der Waals surface area contributed by atoms with Gasteiger partial charge in [-0.2, -0.15) is 9.36 Å². The number of nitrogens with one attached hydrogen (secondary N) is 1. The summed E-state index contributed by atoms with van der Waals surface area (Å²) in [6, 6.07) is 6.12. The van der Waals surface area contributed by atoms with Crippen molar-refractivity contribution in [2.24, 2.45) is 0 Å². The van der Waals surface area contributed by atoms with Gasteiger partial charge in [0.05, 0.1) is 6.61 Å². The molecule has 0 aliphatic rings. The van der Waals surface area contributed by atoms with E-state index in [0.29, 0.717) is 6.61 Å². The van der Waals surface area contributed by atoms with Crippen molar-refractivity contribution in [2.75, 3.05) is 25.6 Å².